The number of aryl methyl sites for hydroxylation is 1. The van der Waals surface area contributed by atoms with Gasteiger partial charge in [0.1, 0.15) is 18.0 Å². The number of halogens is 1. The number of nitrogens with zero attached hydrogens (tertiary/aromatic N) is 3. The number of nitrogens with two attached hydrogens (primary N) is 1. The molecule has 2 aromatic heterocycles. The van der Waals surface area contributed by atoms with Gasteiger partial charge in [-0.25, -0.2) is 15.0 Å². The second-order valence-corrected chi connectivity index (χ2v) is 5.67. The zero-order valence-electron chi connectivity index (χ0n) is 11.5. The van der Waals surface area contributed by atoms with Gasteiger partial charge in [-0.2, -0.15) is 0 Å². The van der Waals surface area contributed by atoms with E-state index in [-0.39, 0.29) is 0 Å². The van der Waals surface area contributed by atoms with Crippen molar-refractivity contribution in [2.75, 3.05) is 11.1 Å². The lowest BCUT2D eigenvalue weighted by molar-refractivity contribution is 1.08. The zero-order chi connectivity index (χ0) is 14.8. The van der Waals surface area contributed by atoms with E-state index in [4.69, 9.17) is 5.73 Å². The Hall–Kier alpha value is -2.21. The van der Waals surface area contributed by atoms with Crippen LogP contribution in [-0.2, 0) is 6.54 Å². The smallest absolute Gasteiger partial charge is 0.166 e. The highest BCUT2D eigenvalue weighted by molar-refractivity contribution is 9.10. The maximum absolute atomic E-state index is 5.68. The first-order chi connectivity index (χ1) is 10.1. The van der Waals surface area contributed by atoms with Crippen LogP contribution in [0.1, 0.15) is 11.1 Å². The zero-order valence-corrected chi connectivity index (χ0v) is 13.1. The average Bonchev–Trinajstić information content (AvgIpc) is 2.47. The van der Waals surface area contributed by atoms with Crippen LogP contribution in [0.5, 0.6) is 0 Å². The lowest BCUT2D eigenvalue weighted by Gasteiger charge is -2.10. The predicted molar refractivity (Wildman–Crippen MR) is 88.0 cm³/mol. The first kappa shape index (κ1) is 13.8. The maximum Gasteiger partial charge on any atom is 0.166 e. The highest BCUT2D eigenvalue weighted by Gasteiger charge is 2.06. The number of nitrogens with one attached hydrogen (secondary N) is 1. The lowest BCUT2D eigenvalue weighted by Crippen LogP contribution is -2.05. The largest absolute Gasteiger partial charge is 0.384 e. The third-order valence-electron chi connectivity index (χ3n) is 3.28. The monoisotopic (exact) mass is 343 g/mol. The highest BCUT2D eigenvalue weighted by Crippen LogP contribution is 2.21. The third kappa shape index (κ3) is 2.95. The van der Waals surface area contributed by atoms with Crippen LogP contribution in [0.15, 0.2) is 41.1 Å². The molecular weight excluding hydrogens is 330 g/mol. The van der Waals surface area contributed by atoms with Gasteiger partial charge in [-0.15, -0.1) is 0 Å². The Balaban J connectivity index is 1.90. The van der Waals surface area contributed by atoms with Crippen LogP contribution in [0.4, 0.5) is 11.6 Å². The number of rotatable bonds is 3. The van der Waals surface area contributed by atoms with Gasteiger partial charge in [0, 0.05) is 11.0 Å². The van der Waals surface area contributed by atoms with Crippen LogP contribution in [-0.4, -0.2) is 15.0 Å². The molecule has 0 amide bonds. The summed E-state index contributed by atoms with van der Waals surface area (Å²) in [5.41, 5.74) is 8.71. The molecule has 1 aromatic carbocycles. The Kier molecular flexibility index (Phi) is 3.70. The first-order valence-electron chi connectivity index (χ1n) is 6.49. The van der Waals surface area contributed by atoms with Crippen molar-refractivity contribution in [1.29, 1.82) is 0 Å². The van der Waals surface area contributed by atoms with Crippen molar-refractivity contribution in [3.8, 4) is 0 Å². The number of hydrogen-bond acceptors (Lipinski definition) is 5. The number of anilines is 2. The fraction of sp³-hybridized carbons (Fsp3) is 0.133. The summed E-state index contributed by atoms with van der Waals surface area (Å²) in [4.78, 5) is 12.6. The van der Waals surface area contributed by atoms with Crippen molar-refractivity contribution in [3.05, 3.63) is 52.3 Å². The minimum Gasteiger partial charge on any atom is -0.384 e. The Labute approximate surface area is 130 Å². The summed E-state index contributed by atoms with van der Waals surface area (Å²) in [5.74, 6) is 1.21. The fourth-order valence-corrected chi connectivity index (χ4v) is 2.52. The molecule has 0 atom stereocenters. The van der Waals surface area contributed by atoms with Crippen molar-refractivity contribution < 1.29 is 0 Å². The highest BCUT2D eigenvalue weighted by atomic mass is 79.9. The minimum atomic E-state index is 0.454. The van der Waals surface area contributed by atoms with Crippen molar-refractivity contribution in [2.24, 2.45) is 0 Å². The van der Waals surface area contributed by atoms with Crippen molar-refractivity contribution in [2.45, 2.75) is 13.5 Å². The van der Waals surface area contributed by atoms with E-state index in [0.29, 0.717) is 18.0 Å². The second-order valence-electron chi connectivity index (χ2n) is 4.75. The summed E-state index contributed by atoms with van der Waals surface area (Å²) in [6, 6.07) is 9.85. The molecule has 21 heavy (non-hydrogen) atoms. The molecule has 106 valence electrons. The van der Waals surface area contributed by atoms with Gasteiger partial charge >= 0.3 is 0 Å². The lowest BCUT2D eigenvalue weighted by atomic mass is 10.1. The molecule has 0 radical (unpaired) electrons. The number of benzene rings is 1. The standard InChI is InChI=1S/C15H14BrN5/c1-9-2-3-11(16)6-10(9)7-18-14-12-4-5-13(17)21-15(12)20-8-19-14/h2-6,8H,7H2,1H3,(H3,17,18,19,20,21). The Bertz CT molecular complexity index is 803. The van der Waals surface area contributed by atoms with Gasteiger partial charge < -0.3 is 11.1 Å². The van der Waals surface area contributed by atoms with Crippen LogP contribution in [0.2, 0.25) is 0 Å². The molecule has 3 N–H and O–H groups in total. The van der Waals surface area contributed by atoms with Crippen LogP contribution < -0.4 is 11.1 Å². The summed E-state index contributed by atoms with van der Waals surface area (Å²) in [6.07, 6.45) is 1.49. The molecule has 0 fully saturated rings. The SMILES string of the molecule is Cc1ccc(Br)cc1CNc1ncnc2nc(N)ccc12. The van der Waals surface area contributed by atoms with Gasteiger partial charge in [0.2, 0.25) is 0 Å². The molecule has 5 nitrogen and oxygen atoms in total. The number of aromatic nitrogens is 3. The number of pyridine rings is 1. The number of nitrogen functional groups attached to an aromatic ring is 1. The molecule has 2 heterocycles. The summed E-state index contributed by atoms with van der Waals surface area (Å²) in [7, 11) is 0. The molecule has 0 saturated carbocycles. The van der Waals surface area contributed by atoms with Crippen molar-refractivity contribution >= 4 is 38.6 Å². The molecule has 0 aliphatic carbocycles. The molecule has 0 aliphatic rings. The van der Waals surface area contributed by atoms with E-state index in [9.17, 15) is 0 Å². The summed E-state index contributed by atoms with van der Waals surface area (Å²) in [6.45, 7) is 2.77. The molecule has 0 spiro atoms. The normalized spacial score (nSPS) is 10.8. The van der Waals surface area contributed by atoms with E-state index in [1.165, 1.54) is 17.5 Å². The molecular formula is C15H14BrN5. The van der Waals surface area contributed by atoms with Crippen LogP contribution in [0.3, 0.4) is 0 Å². The summed E-state index contributed by atoms with van der Waals surface area (Å²) in [5, 5.41) is 4.20. The molecule has 0 bridgehead atoms. The maximum atomic E-state index is 5.68. The minimum absolute atomic E-state index is 0.454. The fourth-order valence-electron chi connectivity index (χ4n) is 2.11. The van der Waals surface area contributed by atoms with Crippen LogP contribution in [0.25, 0.3) is 11.0 Å². The van der Waals surface area contributed by atoms with Crippen molar-refractivity contribution in [3.63, 3.8) is 0 Å². The van der Waals surface area contributed by atoms with E-state index in [1.54, 1.807) is 6.07 Å². The second kappa shape index (κ2) is 5.65. The van der Waals surface area contributed by atoms with Crippen molar-refractivity contribution in [1.82, 2.24) is 15.0 Å². The van der Waals surface area contributed by atoms with Crippen LogP contribution >= 0.6 is 15.9 Å². The van der Waals surface area contributed by atoms with Gasteiger partial charge in [-0.3, -0.25) is 0 Å². The predicted octanol–water partition coefficient (Wildman–Crippen LogP) is 3.29. The van der Waals surface area contributed by atoms with E-state index in [2.05, 4.69) is 55.3 Å². The van der Waals surface area contributed by atoms with E-state index < -0.39 is 0 Å². The van der Waals surface area contributed by atoms with Gasteiger partial charge in [-0.05, 0) is 42.3 Å². The van der Waals surface area contributed by atoms with E-state index in [0.717, 1.165) is 15.7 Å². The Morgan fingerprint density at radius 3 is 2.90 bits per heavy atom. The van der Waals surface area contributed by atoms with E-state index >= 15 is 0 Å². The summed E-state index contributed by atoms with van der Waals surface area (Å²) >= 11 is 3.49. The first-order valence-corrected chi connectivity index (χ1v) is 7.29. The van der Waals surface area contributed by atoms with Gasteiger partial charge in [0.25, 0.3) is 0 Å². The Morgan fingerprint density at radius 2 is 2.05 bits per heavy atom. The summed E-state index contributed by atoms with van der Waals surface area (Å²) < 4.78 is 1.06. The van der Waals surface area contributed by atoms with Gasteiger partial charge in [0.05, 0.1) is 5.39 Å². The van der Waals surface area contributed by atoms with E-state index in [1.807, 2.05) is 12.1 Å². The number of fused-ring (bicyclic) bond motifs is 1. The quantitative estimate of drug-likeness (QED) is 0.762. The topological polar surface area (TPSA) is 76.7 Å². The third-order valence-corrected chi connectivity index (χ3v) is 3.77. The molecule has 0 saturated heterocycles. The van der Waals surface area contributed by atoms with Gasteiger partial charge in [0.15, 0.2) is 5.65 Å². The average molecular weight is 344 g/mol. The molecule has 6 heteroatoms. The van der Waals surface area contributed by atoms with Crippen LogP contribution in [0, 0.1) is 6.92 Å². The molecule has 3 aromatic rings. The molecule has 0 aliphatic heterocycles. The molecule has 3 rings (SSSR count). The molecule has 0 unspecified atom stereocenters. The van der Waals surface area contributed by atoms with Gasteiger partial charge in [-0.1, -0.05) is 22.0 Å². The Morgan fingerprint density at radius 1 is 1.19 bits per heavy atom. The number of hydrogen-bond donors (Lipinski definition) is 2.